The number of hydrogen-bond donors (Lipinski definition) is 0. The van der Waals surface area contributed by atoms with Crippen LogP contribution in [0.1, 0.15) is 11.1 Å². The summed E-state index contributed by atoms with van der Waals surface area (Å²) in [6, 6.07) is 16.2. The van der Waals surface area contributed by atoms with Crippen LogP contribution in [0.5, 0.6) is 0 Å². The second-order valence-electron chi connectivity index (χ2n) is 4.10. The molecule has 0 spiro atoms. The molecule has 0 aliphatic carbocycles. The van der Waals surface area contributed by atoms with Gasteiger partial charge >= 0.3 is 35.6 Å². The Kier molecular flexibility index (Phi) is 8.80. The molecule has 0 unspecified atom stereocenters. The van der Waals surface area contributed by atoms with Crippen LogP contribution in [0.3, 0.4) is 0 Å². The van der Waals surface area contributed by atoms with Crippen LogP contribution < -0.4 is 0 Å². The van der Waals surface area contributed by atoms with E-state index < -0.39 is 17.0 Å². The molecule has 0 fully saturated rings. The molecular weight excluding hydrogens is 327 g/mol. The van der Waals surface area contributed by atoms with Gasteiger partial charge in [0.25, 0.3) is 0 Å². The fourth-order valence-corrected chi connectivity index (χ4v) is 1.67. The molecule has 0 aliphatic heterocycles. The molecule has 106 valence electrons. The van der Waals surface area contributed by atoms with Crippen LogP contribution in [0.25, 0.3) is 10.6 Å². The second kappa shape index (κ2) is 10.1. The molecule has 2 rings (SSSR count). The summed E-state index contributed by atoms with van der Waals surface area (Å²) in [7, 11) is 9.78. The van der Waals surface area contributed by atoms with Crippen LogP contribution in [0.4, 0.5) is 11.4 Å². The molecule has 2 aromatic carbocycles. The average molecular weight is 343 g/mol. The number of halogens is 2. The molecule has 0 bridgehead atoms. The van der Waals surface area contributed by atoms with Crippen LogP contribution in [0.15, 0.2) is 48.5 Å². The molecule has 20 heavy (non-hydrogen) atoms. The van der Waals surface area contributed by atoms with E-state index in [-0.39, 0.29) is 0 Å². The van der Waals surface area contributed by atoms with Gasteiger partial charge in [0.1, 0.15) is 0 Å². The quantitative estimate of drug-likeness (QED) is 0.579. The van der Waals surface area contributed by atoms with Crippen LogP contribution in [0.2, 0.25) is 0 Å². The van der Waals surface area contributed by atoms with Crippen molar-refractivity contribution in [2.24, 2.45) is 0 Å². The van der Waals surface area contributed by atoms with Crippen LogP contribution in [-0.2, 0) is 17.0 Å². The summed E-state index contributed by atoms with van der Waals surface area (Å²) in [4.78, 5) is 0. The van der Waals surface area contributed by atoms with Gasteiger partial charge in [0.15, 0.2) is 0 Å². The third kappa shape index (κ3) is 6.19. The monoisotopic (exact) mass is 342 g/mol. The maximum absolute atomic E-state index is 4.89. The van der Waals surface area contributed by atoms with Gasteiger partial charge in [-0.3, -0.25) is 0 Å². The first-order chi connectivity index (χ1) is 9.69. The summed E-state index contributed by atoms with van der Waals surface area (Å²) < 4.78 is 0. The fraction of sp³-hybridized carbons (Fsp3) is 0.200. The number of benzene rings is 2. The van der Waals surface area contributed by atoms with Crippen LogP contribution in [-0.4, -0.2) is 6.67 Å². The SMILES string of the molecule is Cc1ccccc1[N-]C[N-]c1ccccc1C.[Cl][Ti][Cl]. The molecule has 0 aliphatic rings. The van der Waals surface area contributed by atoms with Crippen molar-refractivity contribution in [2.75, 3.05) is 6.67 Å². The van der Waals surface area contributed by atoms with Gasteiger partial charge in [-0.2, -0.15) is 0 Å². The second-order valence-corrected chi connectivity index (χ2v) is 6.68. The Labute approximate surface area is 137 Å². The third-order valence-electron chi connectivity index (χ3n) is 2.71. The molecule has 0 saturated carbocycles. The van der Waals surface area contributed by atoms with Gasteiger partial charge in [0.05, 0.1) is 0 Å². The zero-order chi connectivity index (χ0) is 14.8. The summed E-state index contributed by atoms with van der Waals surface area (Å²) in [5.74, 6) is 0. The Morgan fingerprint density at radius 1 is 0.800 bits per heavy atom. The molecule has 0 atom stereocenters. The first kappa shape index (κ1) is 17.4. The topological polar surface area (TPSA) is 28.2 Å². The van der Waals surface area contributed by atoms with Crippen molar-refractivity contribution in [3.63, 3.8) is 0 Å². The van der Waals surface area contributed by atoms with E-state index in [9.17, 15) is 0 Å². The predicted octanol–water partition coefficient (Wildman–Crippen LogP) is 6.35. The van der Waals surface area contributed by atoms with E-state index in [1.807, 2.05) is 36.4 Å². The Morgan fingerprint density at radius 2 is 1.15 bits per heavy atom. The number of aryl methyl sites for hydroxylation is 2. The first-order valence-corrected chi connectivity index (χ1v) is 10.4. The third-order valence-corrected chi connectivity index (χ3v) is 2.71. The van der Waals surface area contributed by atoms with Gasteiger partial charge in [0.2, 0.25) is 0 Å². The van der Waals surface area contributed by atoms with Gasteiger partial charge < -0.3 is 10.6 Å². The first-order valence-electron chi connectivity index (χ1n) is 6.11. The molecule has 2 nitrogen and oxygen atoms in total. The Bertz CT molecular complexity index is 475. The Hall–Kier alpha value is -0.666. The molecule has 0 heterocycles. The maximum atomic E-state index is 4.89. The molecule has 0 saturated heterocycles. The van der Waals surface area contributed by atoms with Crippen molar-refractivity contribution in [3.8, 4) is 0 Å². The van der Waals surface area contributed by atoms with E-state index in [2.05, 4.69) is 36.6 Å². The fourth-order valence-electron chi connectivity index (χ4n) is 1.67. The van der Waals surface area contributed by atoms with E-state index in [1.165, 1.54) is 11.1 Å². The van der Waals surface area contributed by atoms with E-state index in [0.29, 0.717) is 6.67 Å². The van der Waals surface area contributed by atoms with Gasteiger partial charge in [-0.15, -0.1) is 11.4 Å². The van der Waals surface area contributed by atoms with Gasteiger partial charge in [0, 0.05) is 0 Å². The molecule has 0 aromatic heterocycles. The molecule has 0 N–H and O–H groups in total. The van der Waals surface area contributed by atoms with E-state index >= 15 is 0 Å². The minimum atomic E-state index is -0.556. The number of para-hydroxylation sites is 2. The van der Waals surface area contributed by atoms with Crippen molar-refractivity contribution in [2.45, 2.75) is 13.8 Å². The van der Waals surface area contributed by atoms with Gasteiger partial charge in [-0.05, 0) is 13.8 Å². The zero-order valence-electron chi connectivity index (χ0n) is 11.5. The van der Waals surface area contributed by atoms with Gasteiger partial charge in [-0.1, -0.05) is 59.7 Å². The van der Waals surface area contributed by atoms with Crippen molar-refractivity contribution in [1.82, 2.24) is 0 Å². The normalized spacial score (nSPS) is 9.20. The van der Waals surface area contributed by atoms with Crippen molar-refractivity contribution >= 4 is 30.0 Å². The molecule has 0 amide bonds. The number of hydrogen-bond acceptors (Lipinski definition) is 0. The van der Waals surface area contributed by atoms with Gasteiger partial charge in [-0.25, -0.2) is 6.67 Å². The van der Waals surface area contributed by atoms with E-state index in [1.54, 1.807) is 0 Å². The van der Waals surface area contributed by atoms with Crippen LogP contribution >= 0.6 is 18.6 Å². The van der Waals surface area contributed by atoms with Crippen LogP contribution in [0, 0.1) is 13.8 Å². The minimum absolute atomic E-state index is 0.482. The summed E-state index contributed by atoms with van der Waals surface area (Å²) in [6.45, 7) is 4.61. The summed E-state index contributed by atoms with van der Waals surface area (Å²) in [5.41, 5.74) is 4.41. The standard InChI is InChI=1S/C15H16N2.2ClH.Ti/c1-12-7-3-5-9-14(12)16-11-17-15-10-6-4-8-13(15)2;;;/h3-10H,11H2,1-2H3;2*1H;/q-2;;;+2/p-2. The average Bonchev–Trinajstić information content (AvgIpc) is 2.44. The molecule has 0 radical (unpaired) electrons. The van der Waals surface area contributed by atoms with E-state index in [0.717, 1.165) is 11.4 Å². The zero-order valence-corrected chi connectivity index (χ0v) is 14.5. The summed E-state index contributed by atoms with van der Waals surface area (Å²) in [6.07, 6.45) is 0. The molecule has 5 heteroatoms. The van der Waals surface area contributed by atoms with E-state index in [4.69, 9.17) is 18.6 Å². The Balaban J connectivity index is 0.000000612. The van der Waals surface area contributed by atoms with Crippen molar-refractivity contribution in [1.29, 1.82) is 0 Å². The molecule has 2 aromatic rings. The summed E-state index contributed by atoms with van der Waals surface area (Å²) in [5, 5.41) is 8.95. The number of rotatable bonds is 4. The van der Waals surface area contributed by atoms with Crippen molar-refractivity contribution < 1.29 is 17.0 Å². The number of nitrogens with zero attached hydrogens (tertiary/aromatic N) is 2. The Morgan fingerprint density at radius 3 is 1.50 bits per heavy atom. The summed E-state index contributed by atoms with van der Waals surface area (Å²) >= 11 is -0.556. The predicted molar refractivity (Wildman–Crippen MR) is 85.0 cm³/mol. The van der Waals surface area contributed by atoms with Crippen molar-refractivity contribution in [3.05, 3.63) is 70.3 Å². The molecular formula is C15H16Cl2N2Ti-2.